The monoisotopic (exact) mass is 359 g/mol. The van der Waals surface area contributed by atoms with E-state index >= 15 is 0 Å². The number of carbonyl (C=O) groups excluding carboxylic acids is 1. The van der Waals surface area contributed by atoms with Crippen molar-refractivity contribution in [3.8, 4) is 0 Å². The van der Waals surface area contributed by atoms with E-state index < -0.39 is 11.7 Å². The summed E-state index contributed by atoms with van der Waals surface area (Å²) >= 11 is 0. The van der Waals surface area contributed by atoms with E-state index in [0.717, 1.165) is 23.0 Å². The summed E-state index contributed by atoms with van der Waals surface area (Å²) < 4.78 is 15.9. The summed E-state index contributed by atoms with van der Waals surface area (Å²) in [6.45, 7) is 3.01. The fourth-order valence-corrected chi connectivity index (χ4v) is 3.36. The number of benzene rings is 3. The smallest absolute Gasteiger partial charge is 0.274 e. The van der Waals surface area contributed by atoms with Crippen LogP contribution in [0.1, 0.15) is 22.8 Å². The first-order valence-corrected chi connectivity index (χ1v) is 8.78. The van der Waals surface area contributed by atoms with Crippen molar-refractivity contribution < 1.29 is 9.18 Å². The zero-order valence-corrected chi connectivity index (χ0v) is 14.8. The minimum absolute atomic E-state index is 0.0314. The van der Waals surface area contributed by atoms with Crippen LogP contribution in [0.3, 0.4) is 0 Å². The largest absolute Gasteiger partial charge is 0.341 e. The number of fused-ring (bicyclic) bond motifs is 3. The summed E-state index contributed by atoms with van der Waals surface area (Å²) in [4.78, 5) is 12.0. The van der Waals surface area contributed by atoms with Crippen LogP contribution in [-0.2, 0) is 6.54 Å². The van der Waals surface area contributed by atoms with Crippen molar-refractivity contribution >= 4 is 33.9 Å². The summed E-state index contributed by atoms with van der Waals surface area (Å²) in [5, 5.41) is 6.29. The number of hydrazone groups is 1. The molecule has 0 saturated carbocycles. The van der Waals surface area contributed by atoms with Crippen molar-refractivity contribution in [2.75, 3.05) is 0 Å². The molecule has 0 aliphatic heterocycles. The summed E-state index contributed by atoms with van der Waals surface area (Å²) in [7, 11) is 0. The van der Waals surface area contributed by atoms with Gasteiger partial charge in [-0.25, -0.2) is 9.82 Å². The van der Waals surface area contributed by atoms with Gasteiger partial charge in [-0.2, -0.15) is 5.10 Å². The third-order valence-corrected chi connectivity index (χ3v) is 4.61. The van der Waals surface area contributed by atoms with E-state index in [4.69, 9.17) is 0 Å². The van der Waals surface area contributed by atoms with Crippen molar-refractivity contribution in [2.45, 2.75) is 13.5 Å². The summed E-state index contributed by atoms with van der Waals surface area (Å²) in [6.07, 6.45) is 1.57. The third kappa shape index (κ3) is 3.08. The molecule has 0 atom stereocenters. The lowest BCUT2D eigenvalue weighted by atomic mass is 10.1. The highest BCUT2D eigenvalue weighted by Crippen LogP contribution is 2.29. The SMILES string of the molecule is CCn1c2ccccc2c2cc(/C=N/NC(=O)c3ccccc3F)ccc21. The molecular formula is C22H18FN3O. The summed E-state index contributed by atoms with van der Waals surface area (Å²) in [5.74, 6) is -1.15. The van der Waals surface area contributed by atoms with Gasteiger partial charge in [-0.05, 0) is 42.8 Å². The van der Waals surface area contributed by atoms with Crippen LogP contribution in [0, 0.1) is 5.82 Å². The lowest BCUT2D eigenvalue weighted by Crippen LogP contribution is -2.18. The number of hydrogen-bond donors (Lipinski definition) is 1. The number of para-hydroxylation sites is 1. The number of halogens is 1. The fraction of sp³-hybridized carbons (Fsp3) is 0.0909. The highest BCUT2D eigenvalue weighted by atomic mass is 19.1. The number of aromatic nitrogens is 1. The van der Waals surface area contributed by atoms with E-state index in [0.29, 0.717) is 0 Å². The van der Waals surface area contributed by atoms with Crippen molar-refractivity contribution in [1.82, 2.24) is 9.99 Å². The standard InChI is InChI=1S/C22H18FN3O/c1-2-26-20-10-6-4-7-16(20)18-13-15(11-12-21(18)26)14-24-25-22(27)17-8-3-5-9-19(17)23/h3-14H,2H2,1H3,(H,25,27)/b24-14+. The Kier molecular flexibility index (Phi) is 4.42. The molecule has 3 aromatic carbocycles. The molecule has 0 radical (unpaired) electrons. The maximum Gasteiger partial charge on any atom is 0.274 e. The number of carbonyl (C=O) groups is 1. The minimum atomic E-state index is -0.576. The van der Waals surface area contributed by atoms with E-state index in [1.807, 2.05) is 24.3 Å². The Labute approximate surface area is 155 Å². The van der Waals surface area contributed by atoms with E-state index in [9.17, 15) is 9.18 Å². The van der Waals surface area contributed by atoms with E-state index in [2.05, 4.69) is 40.2 Å². The first kappa shape index (κ1) is 17.0. The quantitative estimate of drug-likeness (QED) is 0.416. The zero-order valence-electron chi connectivity index (χ0n) is 14.8. The molecule has 27 heavy (non-hydrogen) atoms. The van der Waals surface area contributed by atoms with Crippen molar-refractivity contribution in [2.24, 2.45) is 5.10 Å². The van der Waals surface area contributed by atoms with Crippen molar-refractivity contribution in [3.05, 3.63) is 83.7 Å². The van der Waals surface area contributed by atoms with Gasteiger partial charge in [0, 0.05) is 28.4 Å². The first-order valence-electron chi connectivity index (χ1n) is 8.78. The van der Waals surface area contributed by atoms with Crippen LogP contribution >= 0.6 is 0 Å². The Balaban J connectivity index is 1.63. The zero-order chi connectivity index (χ0) is 18.8. The van der Waals surface area contributed by atoms with Gasteiger partial charge in [-0.1, -0.05) is 36.4 Å². The molecule has 1 heterocycles. The second-order valence-corrected chi connectivity index (χ2v) is 6.22. The van der Waals surface area contributed by atoms with Gasteiger partial charge in [-0.15, -0.1) is 0 Å². The first-order chi connectivity index (χ1) is 13.2. The van der Waals surface area contributed by atoms with Gasteiger partial charge < -0.3 is 4.57 Å². The van der Waals surface area contributed by atoms with Gasteiger partial charge in [0.2, 0.25) is 0 Å². The molecule has 4 rings (SSSR count). The van der Waals surface area contributed by atoms with Crippen LogP contribution in [0.4, 0.5) is 4.39 Å². The minimum Gasteiger partial charge on any atom is -0.341 e. The van der Waals surface area contributed by atoms with Gasteiger partial charge in [0.25, 0.3) is 5.91 Å². The van der Waals surface area contributed by atoms with E-state index in [1.165, 1.54) is 29.1 Å². The number of amides is 1. The molecule has 0 fully saturated rings. The molecule has 1 aromatic heterocycles. The van der Waals surface area contributed by atoms with Crippen LogP contribution in [-0.4, -0.2) is 16.7 Å². The molecule has 4 nitrogen and oxygen atoms in total. The molecular weight excluding hydrogens is 341 g/mol. The molecule has 4 aromatic rings. The highest BCUT2D eigenvalue weighted by Gasteiger charge is 2.10. The molecule has 0 aliphatic rings. The number of hydrogen-bond acceptors (Lipinski definition) is 2. The maximum absolute atomic E-state index is 13.6. The Morgan fingerprint density at radius 3 is 2.59 bits per heavy atom. The van der Waals surface area contributed by atoms with Gasteiger partial charge in [0.05, 0.1) is 11.8 Å². The Morgan fingerprint density at radius 1 is 1.04 bits per heavy atom. The Hall–Kier alpha value is -3.47. The number of aryl methyl sites for hydroxylation is 1. The van der Waals surface area contributed by atoms with E-state index in [1.54, 1.807) is 12.3 Å². The van der Waals surface area contributed by atoms with Crippen molar-refractivity contribution in [3.63, 3.8) is 0 Å². The molecule has 0 saturated heterocycles. The predicted molar refractivity (Wildman–Crippen MR) is 107 cm³/mol. The molecule has 1 N–H and O–H groups in total. The average Bonchev–Trinajstić information content (AvgIpc) is 3.01. The molecule has 0 aliphatic carbocycles. The third-order valence-electron chi connectivity index (χ3n) is 4.61. The molecule has 0 bridgehead atoms. The lowest BCUT2D eigenvalue weighted by Gasteiger charge is -2.03. The second kappa shape index (κ2) is 7.03. The van der Waals surface area contributed by atoms with Crippen LogP contribution in [0.5, 0.6) is 0 Å². The van der Waals surface area contributed by atoms with Crippen molar-refractivity contribution in [1.29, 1.82) is 0 Å². The second-order valence-electron chi connectivity index (χ2n) is 6.22. The summed E-state index contributed by atoms with van der Waals surface area (Å²) in [5.41, 5.74) is 5.55. The number of nitrogens with zero attached hydrogens (tertiary/aromatic N) is 2. The van der Waals surface area contributed by atoms with Crippen LogP contribution in [0.2, 0.25) is 0 Å². The van der Waals surface area contributed by atoms with Gasteiger partial charge in [0.1, 0.15) is 5.82 Å². The Morgan fingerprint density at radius 2 is 1.78 bits per heavy atom. The topological polar surface area (TPSA) is 46.4 Å². The Bertz CT molecular complexity index is 1180. The molecule has 0 unspecified atom stereocenters. The van der Waals surface area contributed by atoms with Crippen LogP contribution in [0.25, 0.3) is 21.8 Å². The number of nitrogens with one attached hydrogen (secondary N) is 1. The lowest BCUT2D eigenvalue weighted by molar-refractivity contribution is 0.0951. The van der Waals surface area contributed by atoms with Gasteiger partial charge in [-0.3, -0.25) is 4.79 Å². The molecule has 0 spiro atoms. The number of rotatable bonds is 4. The highest BCUT2D eigenvalue weighted by molar-refractivity contribution is 6.09. The maximum atomic E-state index is 13.6. The van der Waals surface area contributed by atoms with Crippen LogP contribution in [0.15, 0.2) is 71.8 Å². The average molecular weight is 359 g/mol. The normalized spacial score (nSPS) is 11.5. The summed E-state index contributed by atoms with van der Waals surface area (Å²) in [6, 6.07) is 20.1. The predicted octanol–water partition coefficient (Wildman–Crippen LogP) is 4.72. The molecule has 1 amide bonds. The van der Waals surface area contributed by atoms with Gasteiger partial charge in [0.15, 0.2) is 0 Å². The van der Waals surface area contributed by atoms with E-state index in [-0.39, 0.29) is 5.56 Å². The molecule has 134 valence electrons. The van der Waals surface area contributed by atoms with Gasteiger partial charge >= 0.3 is 0 Å². The fourth-order valence-electron chi connectivity index (χ4n) is 3.36. The molecule has 5 heteroatoms. The van der Waals surface area contributed by atoms with Crippen LogP contribution < -0.4 is 5.43 Å².